The first kappa shape index (κ1) is 7.73. The lowest BCUT2D eigenvalue weighted by atomic mass is 10.1. The Morgan fingerprint density at radius 2 is 2.33 bits per heavy atom. The largest absolute Gasteiger partial charge is 0.383 e. The number of nitrogen functional groups attached to an aromatic ring is 1. The van der Waals surface area contributed by atoms with Crippen LogP contribution in [-0.2, 0) is 6.42 Å². The highest BCUT2D eigenvalue weighted by Crippen LogP contribution is 2.33. The van der Waals surface area contributed by atoms with Gasteiger partial charge in [-0.2, -0.15) is 0 Å². The molecule has 1 saturated carbocycles. The van der Waals surface area contributed by atoms with Crippen molar-refractivity contribution >= 4 is 18.4 Å². The molecule has 1 radical (unpaired) electrons. The highest BCUT2D eigenvalue weighted by Gasteiger charge is 2.22. The molecule has 0 unspecified atom stereocenters. The van der Waals surface area contributed by atoms with Gasteiger partial charge in [0.1, 0.15) is 5.82 Å². The Kier molecular flexibility index (Phi) is 1.84. The van der Waals surface area contributed by atoms with E-state index in [1.165, 1.54) is 12.8 Å². The molecule has 1 aliphatic carbocycles. The number of nitrogens with two attached hydrogens (primary N) is 1. The molecule has 1 heterocycles. The van der Waals surface area contributed by atoms with Crippen molar-refractivity contribution in [2.45, 2.75) is 24.4 Å². The summed E-state index contributed by atoms with van der Waals surface area (Å²) in [7, 11) is 0. The number of rotatable bonds is 2. The minimum absolute atomic E-state index is 0.340. The molecule has 12 heavy (non-hydrogen) atoms. The summed E-state index contributed by atoms with van der Waals surface area (Å²) in [5, 5.41) is 0.340. The van der Waals surface area contributed by atoms with Crippen LogP contribution in [0.2, 0.25) is 0 Å². The maximum absolute atomic E-state index is 5.68. The Hall–Kier alpha value is -0.900. The van der Waals surface area contributed by atoms with Gasteiger partial charge in [0.05, 0.1) is 0 Å². The average molecular weight is 180 g/mol. The van der Waals surface area contributed by atoms with Crippen molar-refractivity contribution < 1.29 is 0 Å². The van der Waals surface area contributed by atoms with E-state index in [-0.39, 0.29) is 0 Å². The number of hydrogen-bond donors (Lipinski definition) is 1. The van der Waals surface area contributed by atoms with Gasteiger partial charge in [0, 0.05) is 11.8 Å². The summed E-state index contributed by atoms with van der Waals surface area (Å²) in [4.78, 5) is 7.88. The van der Waals surface area contributed by atoms with Crippen LogP contribution in [0.1, 0.15) is 18.4 Å². The van der Waals surface area contributed by atoms with Crippen LogP contribution in [0.5, 0.6) is 0 Å². The third kappa shape index (κ3) is 1.64. The van der Waals surface area contributed by atoms with Crippen LogP contribution in [0.25, 0.3) is 0 Å². The van der Waals surface area contributed by atoms with E-state index in [0.717, 1.165) is 17.9 Å². The van der Waals surface area contributed by atoms with E-state index in [4.69, 9.17) is 18.4 Å². The second-order valence-electron chi connectivity index (χ2n) is 3.21. The first-order chi connectivity index (χ1) is 5.75. The zero-order valence-corrected chi connectivity index (χ0v) is 7.47. The first-order valence-corrected chi connectivity index (χ1v) is 4.45. The monoisotopic (exact) mass is 180 g/mol. The van der Waals surface area contributed by atoms with Gasteiger partial charge in [0.25, 0.3) is 0 Å². The van der Waals surface area contributed by atoms with Crippen LogP contribution in [0.4, 0.5) is 5.82 Å². The third-order valence-electron chi connectivity index (χ3n) is 2.08. The van der Waals surface area contributed by atoms with Crippen molar-refractivity contribution in [3.63, 3.8) is 0 Å². The molecule has 1 aromatic rings. The molecule has 0 aromatic carbocycles. The zero-order chi connectivity index (χ0) is 8.55. The van der Waals surface area contributed by atoms with Gasteiger partial charge in [0.2, 0.25) is 5.16 Å². The lowest BCUT2D eigenvalue weighted by Crippen LogP contribution is -2.00. The molecule has 0 spiro atoms. The van der Waals surface area contributed by atoms with Crippen LogP contribution >= 0.6 is 12.6 Å². The molecule has 0 amide bonds. The number of nitrogens with zero attached hydrogens (tertiary/aromatic N) is 2. The number of hydrogen-bond acceptors (Lipinski definition) is 3. The molecule has 3 nitrogen and oxygen atoms in total. The van der Waals surface area contributed by atoms with Crippen LogP contribution in [-0.4, -0.2) is 9.97 Å². The first-order valence-electron chi connectivity index (χ1n) is 4.04. The molecule has 0 bridgehead atoms. The van der Waals surface area contributed by atoms with E-state index in [9.17, 15) is 0 Å². The molecule has 4 heteroatoms. The zero-order valence-electron chi connectivity index (χ0n) is 6.66. The maximum atomic E-state index is 5.68. The molecule has 1 aliphatic rings. The van der Waals surface area contributed by atoms with Crippen molar-refractivity contribution in [1.82, 2.24) is 9.97 Å². The minimum Gasteiger partial charge on any atom is -0.383 e. The molecule has 63 valence electrons. The predicted molar refractivity (Wildman–Crippen MR) is 48.7 cm³/mol. The van der Waals surface area contributed by atoms with Crippen molar-refractivity contribution in [3.05, 3.63) is 11.8 Å². The molecule has 2 N–H and O–H groups in total. The maximum Gasteiger partial charge on any atom is 0.221 e. The molecule has 0 aliphatic heterocycles. The average Bonchev–Trinajstić information content (AvgIpc) is 2.79. The molecule has 1 aromatic heterocycles. The van der Waals surface area contributed by atoms with E-state index in [1.54, 1.807) is 6.20 Å². The quantitative estimate of drug-likeness (QED) is 0.703. The Morgan fingerprint density at radius 1 is 1.58 bits per heavy atom. The van der Waals surface area contributed by atoms with Gasteiger partial charge >= 0.3 is 0 Å². The Morgan fingerprint density at radius 3 is 2.92 bits per heavy atom. The summed E-state index contributed by atoms with van der Waals surface area (Å²) in [6, 6.07) is 0. The second kappa shape index (κ2) is 2.86. The lowest BCUT2D eigenvalue weighted by Gasteiger charge is -2.01. The fraction of sp³-hybridized carbons (Fsp3) is 0.500. The second-order valence-corrected chi connectivity index (χ2v) is 3.58. The van der Waals surface area contributed by atoms with Gasteiger partial charge in [-0.15, -0.1) is 0 Å². The number of anilines is 1. The van der Waals surface area contributed by atoms with Gasteiger partial charge in [-0.1, -0.05) is 0 Å². The topological polar surface area (TPSA) is 51.8 Å². The normalized spacial score (nSPS) is 16.3. The summed E-state index contributed by atoms with van der Waals surface area (Å²) in [5.41, 5.74) is 6.73. The van der Waals surface area contributed by atoms with E-state index >= 15 is 0 Å². The van der Waals surface area contributed by atoms with E-state index in [1.807, 2.05) is 0 Å². The molecule has 0 saturated heterocycles. The van der Waals surface area contributed by atoms with Crippen LogP contribution in [0.15, 0.2) is 11.4 Å². The van der Waals surface area contributed by atoms with Crippen LogP contribution in [0, 0.1) is 5.92 Å². The molecular weight excluding hydrogens is 170 g/mol. The van der Waals surface area contributed by atoms with Gasteiger partial charge in [-0.25, -0.2) is 9.97 Å². The van der Waals surface area contributed by atoms with E-state index in [2.05, 4.69) is 9.97 Å². The fourth-order valence-electron chi connectivity index (χ4n) is 1.19. The summed E-state index contributed by atoms with van der Waals surface area (Å²) in [5.74, 6) is 1.37. The Bertz CT molecular complexity index is 296. The van der Waals surface area contributed by atoms with E-state index in [0.29, 0.717) is 11.0 Å². The van der Waals surface area contributed by atoms with Gasteiger partial charge in [0.15, 0.2) is 0 Å². The Balaban J connectivity index is 2.18. The Labute approximate surface area is 76.8 Å². The fourth-order valence-corrected chi connectivity index (χ4v) is 1.34. The van der Waals surface area contributed by atoms with Crippen molar-refractivity contribution in [2.24, 2.45) is 5.92 Å². The smallest absolute Gasteiger partial charge is 0.221 e. The molecular formula is C8H10N3S. The highest BCUT2D eigenvalue weighted by molar-refractivity contribution is 7.80. The van der Waals surface area contributed by atoms with Crippen LogP contribution < -0.4 is 5.73 Å². The predicted octanol–water partition coefficient (Wildman–Crippen LogP) is 1.57. The molecule has 2 rings (SSSR count). The van der Waals surface area contributed by atoms with E-state index < -0.39 is 0 Å². The summed E-state index contributed by atoms with van der Waals surface area (Å²) < 4.78 is 0. The van der Waals surface area contributed by atoms with Gasteiger partial charge in [-0.05, 0) is 37.8 Å². The third-order valence-corrected chi connectivity index (χ3v) is 2.28. The SMILES string of the molecule is Nc1nc([S])ncc1CC1CC1. The lowest BCUT2D eigenvalue weighted by molar-refractivity contribution is 0.811. The van der Waals surface area contributed by atoms with Gasteiger partial charge in [-0.3, -0.25) is 0 Å². The van der Waals surface area contributed by atoms with Crippen LogP contribution in [0.3, 0.4) is 0 Å². The number of aromatic nitrogens is 2. The molecule has 0 atom stereocenters. The molecule has 1 fully saturated rings. The highest BCUT2D eigenvalue weighted by atomic mass is 32.1. The summed E-state index contributed by atoms with van der Waals surface area (Å²) >= 11 is 4.79. The van der Waals surface area contributed by atoms with Gasteiger partial charge < -0.3 is 5.73 Å². The minimum atomic E-state index is 0.340. The van der Waals surface area contributed by atoms with Crippen molar-refractivity contribution in [1.29, 1.82) is 0 Å². The van der Waals surface area contributed by atoms with Crippen molar-refractivity contribution in [3.8, 4) is 0 Å². The van der Waals surface area contributed by atoms with Crippen molar-refractivity contribution in [2.75, 3.05) is 5.73 Å². The summed E-state index contributed by atoms with van der Waals surface area (Å²) in [6.07, 6.45) is 5.40. The summed E-state index contributed by atoms with van der Waals surface area (Å²) in [6.45, 7) is 0. The standard InChI is InChI=1S/C8H10N3S/c9-7-6(3-5-1-2-5)4-10-8(12)11-7/h4-5H,1-3H2,(H2,9,10,11).